The largest absolute Gasteiger partial charge is 0.497 e. The van der Waals surface area contributed by atoms with E-state index in [9.17, 15) is 4.79 Å². The molecular formula is C17H17Cl2NO3. The van der Waals surface area contributed by atoms with Gasteiger partial charge in [-0.3, -0.25) is 4.79 Å². The van der Waals surface area contributed by atoms with Gasteiger partial charge in [0.05, 0.1) is 17.2 Å². The highest BCUT2D eigenvalue weighted by Gasteiger charge is 2.19. The van der Waals surface area contributed by atoms with Crippen molar-refractivity contribution in [2.45, 2.75) is 19.4 Å². The van der Waals surface area contributed by atoms with Crippen molar-refractivity contribution in [2.24, 2.45) is 0 Å². The number of nitrogens with one attached hydrogen (secondary N) is 1. The van der Waals surface area contributed by atoms with E-state index in [1.54, 1.807) is 43.5 Å². The Morgan fingerprint density at radius 3 is 2.52 bits per heavy atom. The molecule has 0 saturated heterocycles. The first-order valence-corrected chi connectivity index (χ1v) is 7.85. The van der Waals surface area contributed by atoms with Gasteiger partial charge in [0, 0.05) is 11.8 Å². The molecule has 0 fully saturated rings. The minimum Gasteiger partial charge on any atom is -0.497 e. The Balaban J connectivity index is 2.07. The smallest absolute Gasteiger partial charge is 0.265 e. The van der Waals surface area contributed by atoms with Crippen molar-refractivity contribution in [1.82, 2.24) is 0 Å². The van der Waals surface area contributed by atoms with Crippen LogP contribution in [0.1, 0.15) is 13.3 Å². The number of halogens is 2. The summed E-state index contributed by atoms with van der Waals surface area (Å²) >= 11 is 11.8. The minimum absolute atomic E-state index is 0.256. The molecule has 0 saturated carbocycles. The summed E-state index contributed by atoms with van der Waals surface area (Å²) in [5, 5.41) is 3.59. The monoisotopic (exact) mass is 353 g/mol. The first kappa shape index (κ1) is 17.4. The van der Waals surface area contributed by atoms with Gasteiger partial charge in [0.25, 0.3) is 5.91 Å². The van der Waals surface area contributed by atoms with Crippen LogP contribution in [0.3, 0.4) is 0 Å². The van der Waals surface area contributed by atoms with E-state index >= 15 is 0 Å². The Kier molecular flexibility index (Phi) is 6.13. The zero-order valence-corrected chi connectivity index (χ0v) is 14.3. The number of rotatable bonds is 6. The molecule has 0 unspecified atom stereocenters. The van der Waals surface area contributed by atoms with Gasteiger partial charge in [-0.15, -0.1) is 0 Å². The molecule has 0 aliphatic carbocycles. The number of benzene rings is 2. The average molecular weight is 354 g/mol. The van der Waals surface area contributed by atoms with Gasteiger partial charge in [0.1, 0.15) is 11.5 Å². The summed E-state index contributed by atoms with van der Waals surface area (Å²) in [4.78, 5) is 12.4. The molecule has 0 aromatic heterocycles. The maximum atomic E-state index is 12.4. The Labute approximate surface area is 145 Å². The number of amides is 1. The highest BCUT2D eigenvalue weighted by Crippen LogP contribution is 2.25. The van der Waals surface area contributed by atoms with Crippen molar-refractivity contribution in [1.29, 1.82) is 0 Å². The van der Waals surface area contributed by atoms with Gasteiger partial charge in [0.2, 0.25) is 0 Å². The highest BCUT2D eigenvalue weighted by atomic mass is 35.5. The maximum Gasteiger partial charge on any atom is 0.265 e. The van der Waals surface area contributed by atoms with Gasteiger partial charge in [-0.1, -0.05) is 36.2 Å². The quantitative estimate of drug-likeness (QED) is 0.811. The van der Waals surface area contributed by atoms with Crippen LogP contribution in [0.25, 0.3) is 0 Å². The van der Waals surface area contributed by atoms with Crippen LogP contribution in [0.15, 0.2) is 42.5 Å². The van der Waals surface area contributed by atoms with Crippen LogP contribution in [0.4, 0.5) is 5.69 Å². The van der Waals surface area contributed by atoms with Gasteiger partial charge >= 0.3 is 0 Å². The van der Waals surface area contributed by atoms with Crippen molar-refractivity contribution in [2.75, 3.05) is 12.4 Å². The minimum atomic E-state index is -0.628. The third kappa shape index (κ3) is 4.78. The van der Waals surface area contributed by atoms with E-state index in [0.29, 0.717) is 33.7 Å². The molecule has 1 atom stereocenters. The van der Waals surface area contributed by atoms with Crippen molar-refractivity contribution in [3.05, 3.63) is 52.5 Å². The van der Waals surface area contributed by atoms with Crippen LogP contribution < -0.4 is 14.8 Å². The molecule has 2 aromatic carbocycles. The van der Waals surface area contributed by atoms with Gasteiger partial charge in [0.15, 0.2) is 6.10 Å². The molecule has 2 aromatic rings. The molecule has 0 radical (unpaired) electrons. The molecular weight excluding hydrogens is 337 g/mol. The average Bonchev–Trinajstić information content (AvgIpc) is 2.56. The Morgan fingerprint density at radius 1 is 1.13 bits per heavy atom. The van der Waals surface area contributed by atoms with Crippen LogP contribution >= 0.6 is 23.2 Å². The topological polar surface area (TPSA) is 47.6 Å². The Morgan fingerprint density at radius 2 is 1.87 bits per heavy atom. The predicted octanol–water partition coefficient (Wildman–Crippen LogP) is 4.80. The molecule has 2 rings (SSSR count). The number of anilines is 1. The lowest BCUT2D eigenvalue weighted by Gasteiger charge is -2.18. The van der Waals surface area contributed by atoms with Gasteiger partial charge < -0.3 is 14.8 Å². The van der Waals surface area contributed by atoms with E-state index in [-0.39, 0.29) is 5.91 Å². The summed E-state index contributed by atoms with van der Waals surface area (Å²) in [5.41, 5.74) is 0.567. The van der Waals surface area contributed by atoms with E-state index in [4.69, 9.17) is 32.7 Å². The Bertz CT molecular complexity index is 691. The number of methoxy groups -OCH3 is 1. The standard InChI is InChI=1S/C17H17Cl2NO3/c1-3-16(23-13-6-4-5-12(10-13)22-2)17(21)20-11-7-8-14(18)15(19)9-11/h4-10,16H,3H2,1-2H3,(H,20,21)/t16-/m1/s1. The summed E-state index contributed by atoms with van der Waals surface area (Å²) in [6.45, 7) is 1.87. The second-order valence-electron chi connectivity index (χ2n) is 4.81. The summed E-state index contributed by atoms with van der Waals surface area (Å²) in [6.07, 6.45) is -0.110. The zero-order valence-electron chi connectivity index (χ0n) is 12.8. The van der Waals surface area contributed by atoms with Crippen LogP contribution in [-0.4, -0.2) is 19.1 Å². The molecule has 4 nitrogen and oxygen atoms in total. The van der Waals surface area contributed by atoms with E-state index in [0.717, 1.165) is 0 Å². The summed E-state index contributed by atoms with van der Waals surface area (Å²) < 4.78 is 10.9. The van der Waals surface area contributed by atoms with Crippen molar-refractivity contribution in [3.63, 3.8) is 0 Å². The second kappa shape index (κ2) is 8.09. The van der Waals surface area contributed by atoms with Crippen molar-refractivity contribution < 1.29 is 14.3 Å². The summed E-state index contributed by atoms with van der Waals surface area (Å²) in [6, 6.07) is 12.0. The van der Waals surface area contributed by atoms with Gasteiger partial charge in [-0.25, -0.2) is 0 Å². The van der Waals surface area contributed by atoms with Crippen LogP contribution in [0, 0.1) is 0 Å². The molecule has 1 N–H and O–H groups in total. The third-order valence-corrected chi connectivity index (χ3v) is 3.91. The lowest BCUT2D eigenvalue weighted by molar-refractivity contribution is -0.122. The molecule has 0 bridgehead atoms. The first-order chi connectivity index (χ1) is 11.0. The van der Waals surface area contributed by atoms with E-state index in [1.807, 2.05) is 13.0 Å². The number of hydrogen-bond acceptors (Lipinski definition) is 3. The first-order valence-electron chi connectivity index (χ1n) is 7.10. The van der Waals surface area contributed by atoms with Gasteiger partial charge in [-0.2, -0.15) is 0 Å². The normalized spacial score (nSPS) is 11.7. The molecule has 1 amide bonds. The predicted molar refractivity (Wildman–Crippen MR) is 92.8 cm³/mol. The van der Waals surface area contributed by atoms with Crippen LogP contribution in [0.2, 0.25) is 10.0 Å². The number of ether oxygens (including phenoxy) is 2. The van der Waals surface area contributed by atoms with E-state index in [2.05, 4.69) is 5.32 Å². The molecule has 0 spiro atoms. The van der Waals surface area contributed by atoms with Crippen molar-refractivity contribution in [3.8, 4) is 11.5 Å². The van der Waals surface area contributed by atoms with E-state index in [1.165, 1.54) is 0 Å². The third-order valence-electron chi connectivity index (χ3n) is 3.17. The Hall–Kier alpha value is -1.91. The zero-order chi connectivity index (χ0) is 16.8. The number of hydrogen-bond donors (Lipinski definition) is 1. The van der Waals surface area contributed by atoms with Crippen LogP contribution in [-0.2, 0) is 4.79 Å². The van der Waals surface area contributed by atoms with E-state index < -0.39 is 6.10 Å². The van der Waals surface area contributed by atoms with Crippen molar-refractivity contribution >= 4 is 34.8 Å². The lowest BCUT2D eigenvalue weighted by atomic mass is 10.2. The summed E-state index contributed by atoms with van der Waals surface area (Å²) in [5.74, 6) is 0.983. The molecule has 0 aliphatic rings. The molecule has 122 valence electrons. The van der Waals surface area contributed by atoms with Crippen LogP contribution in [0.5, 0.6) is 11.5 Å². The fourth-order valence-corrected chi connectivity index (χ4v) is 2.26. The second-order valence-corrected chi connectivity index (χ2v) is 5.63. The fourth-order valence-electron chi connectivity index (χ4n) is 1.96. The summed E-state index contributed by atoms with van der Waals surface area (Å²) in [7, 11) is 1.58. The maximum absolute atomic E-state index is 12.4. The van der Waals surface area contributed by atoms with Gasteiger partial charge in [-0.05, 0) is 36.8 Å². The number of carbonyl (C=O) groups excluding carboxylic acids is 1. The molecule has 0 aliphatic heterocycles. The fraction of sp³-hybridized carbons (Fsp3) is 0.235. The molecule has 0 heterocycles. The molecule has 6 heteroatoms. The molecule has 23 heavy (non-hydrogen) atoms. The SMILES string of the molecule is CC[C@@H](Oc1cccc(OC)c1)C(=O)Nc1ccc(Cl)c(Cl)c1. The lowest BCUT2D eigenvalue weighted by Crippen LogP contribution is -2.32. The number of carbonyl (C=O) groups is 1. The highest BCUT2D eigenvalue weighted by molar-refractivity contribution is 6.42.